The molecule has 1 aromatic heterocycles. The molecule has 136 valence electrons. The van der Waals surface area contributed by atoms with E-state index in [0.717, 1.165) is 6.07 Å². The van der Waals surface area contributed by atoms with Crippen molar-refractivity contribution in [2.24, 2.45) is 0 Å². The van der Waals surface area contributed by atoms with Gasteiger partial charge in [0.2, 0.25) is 15.7 Å². The lowest BCUT2D eigenvalue weighted by Crippen LogP contribution is -2.21. The number of nitrogens with zero attached hydrogens (tertiary/aromatic N) is 2. The van der Waals surface area contributed by atoms with E-state index in [2.05, 4.69) is 10.2 Å². The summed E-state index contributed by atoms with van der Waals surface area (Å²) in [7, 11) is -3.92. The Morgan fingerprint density at radius 3 is 2.56 bits per heavy atom. The summed E-state index contributed by atoms with van der Waals surface area (Å²) < 4.78 is 35.9. The van der Waals surface area contributed by atoms with Crippen molar-refractivity contribution in [3.63, 3.8) is 0 Å². The van der Waals surface area contributed by atoms with Gasteiger partial charge in [-0.05, 0) is 30.3 Å². The van der Waals surface area contributed by atoms with Crippen molar-refractivity contribution >= 4 is 21.6 Å². The molecule has 27 heavy (non-hydrogen) atoms. The molecule has 9 heteroatoms. The predicted molar refractivity (Wildman–Crippen MR) is 89.9 cm³/mol. The van der Waals surface area contributed by atoms with E-state index in [0.29, 0.717) is 5.89 Å². The fraction of sp³-hybridized carbons (Fsp3) is 0.111. The van der Waals surface area contributed by atoms with Crippen LogP contribution in [0.3, 0.4) is 0 Å². The number of carbonyl (C=O) groups is 2. The summed E-state index contributed by atoms with van der Waals surface area (Å²) in [6, 6.07) is 9.79. The van der Waals surface area contributed by atoms with Crippen molar-refractivity contribution in [2.45, 2.75) is 23.3 Å². The zero-order valence-electron chi connectivity index (χ0n) is 14.0. The van der Waals surface area contributed by atoms with Crippen LogP contribution in [0.5, 0.6) is 0 Å². The van der Waals surface area contributed by atoms with E-state index in [1.807, 2.05) is 0 Å². The van der Waals surface area contributed by atoms with Crippen molar-refractivity contribution in [2.75, 3.05) is 0 Å². The van der Waals surface area contributed by atoms with Crippen LogP contribution in [0, 0.1) is 6.92 Å². The molecule has 1 aliphatic rings. The molecule has 0 unspecified atom stereocenters. The summed E-state index contributed by atoms with van der Waals surface area (Å²) in [6.45, 7) is 1.35. The first-order valence-electron chi connectivity index (χ1n) is 7.87. The number of ketones is 1. The quantitative estimate of drug-likeness (QED) is 0.493. The maximum atomic E-state index is 12.9. The van der Waals surface area contributed by atoms with Gasteiger partial charge in [-0.2, -0.15) is 0 Å². The number of sulfone groups is 1. The lowest BCUT2D eigenvalue weighted by molar-refractivity contribution is 0.0436. The zero-order valence-corrected chi connectivity index (χ0v) is 14.8. The van der Waals surface area contributed by atoms with E-state index in [1.165, 1.54) is 24.3 Å². The SMILES string of the molecule is Cc1nnc(COC(=O)c2ccc3c(c2)S(=O)(=O)c2ccccc2C3=O)o1. The normalized spacial score (nSPS) is 14.3. The average Bonchev–Trinajstić information content (AvgIpc) is 3.09. The lowest BCUT2D eigenvalue weighted by atomic mass is 10.0. The van der Waals surface area contributed by atoms with Crippen molar-refractivity contribution in [3.05, 3.63) is 70.9 Å². The zero-order chi connectivity index (χ0) is 19.2. The Morgan fingerprint density at radius 2 is 1.81 bits per heavy atom. The number of hydrogen-bond acceptors (Lipinski definition) is 8. The summed E-state index contributed by atoms with van der Waals surface area (Å²) in [5.74, 6) is -0.722. The van der Waals surface area contributed by atoms with E-state index in [1.54, 1.807) is 19.1 Å². The van der Waals surface area contributed by atoms with Crippen molar-refractivity contribution in [3.8, 4) is 0 Å². The second kappa shape index (κ2) is 6.13. The smallest absolute Gasteiger partial charge is 0.338 e. The van der Waals surface area contributed by atoms with Crippen LogP contribution in [0.25, 0.3) is 0 Å². The first kappa shape index (κ1) is 17.1. The first-order valence-corrected chi connectivity index (χ1v) is 9.35. The van der Waals surface area contributed by atoms with Gasteiger partial charge < -0.3 is 9.15 Å². The third-order valence-corrected chi connectivity index (χ3v) is 5.92. The first-order chi connectivity index (χ1) is 12.9. The molecule has 1 aliphatic heterocycles. The molecule has 2 aromatic carbocycles. The molecule has 0 atom stereocenters. The highest BCUT2D eigenvalue weighted by molar-refractivity contribution is 7.91. The van der Waals surface area contributed by atoms with Gasteiger partial charge >= 0.3 is 5.97 Å². The maximum absolute atomic E-state index is 12.9. The third-order valence-electron chi connectivity index (χ3n) is 4.07. The molecule has 0 aliphatic carbocycles. The molecule has 0 fully saturated rings. The predicted octanol–water partition coefficient (Wildman–Crippen LogP) is 2.11. The van der Waals surface area contributed by atoms with Crippen LogP contribution in [-0.4, -0.2) is 30.4 Å². The summed E-state index contributed by atoms with van der Waals surface area (Å²) in [4.78, 5) is 24.6. The van der Waals surface area contributed by atoms with Crippen LogP contribution in [0.15, 0.2) is 56.7 Å². The molecule has 0 bridgehead atoms. The average molecular weight is 384 g/mol. The largest absolute Gasteiger partial charge is 0.452 e. The molecule has 0 saturated carbocycles. The molecular weight excluding hydrogens is 372 g/mol. The highest BCUT2D eigenvalue weighted by Crippen LogP contribution is 2.34. The van der Waals surface area contributed by atoms with Gasteiger partial charge in [-0.3, -0.25) is 4.79 Å². The number of fused-ring (bicyclic) bond motifs is 2. The van der Waals surface area contributed by atoms with Crippen molar-refractivity contribution < 1.29 is 27.2 Å². The number of hydrogen-bond donors (Lipinski definition) is 0. The highest BCUT2D eigenvalue weighted by Gasteiger charge is 2.35. The van der Waals surface area contributed by atoms with Gasteiger partial charge in [0.1, 0.15) is 0 Å². The van der Waals surface area contributed by atoms with Crippen molar-refractivity contribution in [1.29, 1.82) is 0 Å². The van der Waals surface area contributed by atoms with E-state index in [4.69, 9.17) is 9.15 Å². The Balaban J connectivity index is 1.68. The van der Waals surface area contributed by atoms with E-state index >= 15 is 0 Å². The number of carbonyl (C=O) groups excluding carboxylic acids is 2. The Labute approximate surface area is 153 Å². The van der Waals surface area contributed by atoms with Crippen LogP contribution < -0.4 is 0 Å². The van der Waals surface area contributed by atoms with E-state index in [9.17, 15) is 18.0 Å². The summed E-state index contributed by atoms with van der Waals surface area (Å²) >= 11 is 0. The Hall–Kier alpha value is -3.33. The number of esters is 1. The highest BCUT2D eigenvalue weighted by atomic mass is 32.2. The topological polar surface area (TPSA) is 116 Å². The van der Waals surface area contributed by atoms with Gasteiger partial charge in [-0.25, -0.2) is 13.2 Å². The van der Waals surface area contributed by atoms with E-state index in [-0.39, 0.29) is 39.0 Å². The van der Waals surface area contributed by atoms with Crippen LogP contribution in [-0.2, 0) is 21.2 Å². The summed E-state index contributed by atoms with van der Waals surface area (Å²) in [6.07, 6.45) is 0. The Bertz CT molecular complexity index is 1200. The minimum absolute atomic E-state index is 0.000688. The van der Waals surface area contributed by atoms with Crippen LogP contribution in [0.1, 0.15) is 38.1 Å². The molecule has 2 heterocycles. The lowest BCUT2D eigenvalue weighted by Gasteiger charge is -2.19. The third kappa shape index (κ3) is 2.81. The van der Waals surface area contributed by atoms with Gasteiger partial charge in [0, 0.05) is 18.1 Å². The minimum atomic E-state index is -3.92. The molecule has 0 radical (unpaired) electrons. The van der Waals surface area contributed by atoms with Crippen LogP contribution >= 0.6 is 0 Å². The Morgan fingerprint density at radius 1 is 1.07 bits per heavy atom. The van der Waals surface area contributed by atoms with Crippen LogP contribution in [0.4, 0.5) is 0 Å². The second-order valence-electron chi connectivity index (χ2n) is 5.83. The second-order valence-corrected chi connectivity index (χ2v) is 7.72. The van der Waals surface area contributed by atoms with Gasteiger partial charge in [-0.15, -0.1) is 10.2 Å². The van der Waals surface area contributed by atoms with Crippen LogP contribution in [0.2, 0.25) is 0 Å². The molecule has 0 N–H and O–H groups in total. The molecule has 0 saturated heterocycles. The monoisotopic (exact) mass is 384 g/mol. The fourth-order valence-electron chi connectivity index (χ4n) is 2.82. The number of ether oxygens (including phenoxy) is 1. The number of benzene rings is 2. The molecule has 0 amide bonds. The number of rotatable bonds is 3. The minimum Gasteiger partial charge on any atom is -0.452 e. The van der Waals surface area contributed by atoms with E-state index < -0.39 is 21.6 Å². The molecular formula is C18H12N2O6S. The molecule has 0 spiro atoms. The molecule has 4 rings (SSSR count). The maximum Gasteiger partial charge on any atom is 0.338 e. The van der Waals surface area contributed by atoms with Gasteiger partial charge in [0.15, 0.2) is 12.4 Å². The number of aryl methyl sites for hydroxylation is 1. The molecule has 8 nitrogen and oxygen atoms in total. The van der Waals surface area contributed by atoms with Gasteiger partial charge in [0.25, 0.3) is 5.89 Å². The number of aromatic nitrogens is 2. The Kier molecular flexibility index (Phi) is 3.88. The van der Waals surface area contributed by atoms with Crippen molar-refractivity contribution in [1.82, 2.24) is 10.2 Å². The fourth-order valence-corrected chi connectivity index (χ4v) is 4.50. The van der Waals surface area contributed by atoms with Gasteiger partial charge in [-0.1, -0.05) is 12.1 Å². The summed E-state index contributed by atoms with van der Waals surface area (Å²) in [5, 5.41) is 7.32. The standard InChI is InChI=1S/C18H12N2O6S/c1-10-19-20-16(26-10)9-25-18(22)11-6-7-13-15(8-11)27(23,24)14-5-3-2-4-12(14)17(13)21/h2-8H,9H2,1H3. The summed E-state index contributed by atoms with van der Waals surface area (Å²) in [5.41, 5.74) is 0.144. The molecule has 3 aromatic rings. The van der Waals surface area contributed by atoms with Gasteiger partial charge in [0.05, 0.1) is 15.4 Å².